The van der Waals surface area contributed by atoms with E-state index in [0.717, 1.165) is 16.7 Å². The van der Waals surface area contributed by atoms with Crippen LogP contribution < -0.4 is 10.6 Å². The molecular formula is C18H15N5O5S. The number of anilines is 1. The fourth-order valence-electron chi connectivity index (χ4n) is 2.60. The molecular weight excluding hydrogens is 398 g/mol. The first kappa shape index (κ1) is 20.0. The van der Waals surface area contributed by atoms with Crippen molar-refractivity contribution in [1.29, 1.82) is 0 Å². The monoisotopic (exact) mass is 413 g/mol. The Morgan fingerprint density at radius 1 is 1.28 bits per heavy atom. The van der Waals surface area contributed by atoms with Gasteiger partial charge in [0.15, 0.2) is 5.17 Å². The summed E-state index contributed by atoms with van der Waals surface area (Å²) in [5.41, 5.74) is 6.39. The molecule has 0 aromatic heterocycles. The van der Waals surface area contributed by atoms with E-state index in [0.29, 0.717) is 5.56 Å². The highest BCUT2D eigenvalue weighted by molar-refractivity contribution is 8.14. The predicted molar refractivity (Wildman–Crippen MR) is 109 cm³/mol. The molecule has 2 aromatic rings. The Hall–Kier alpha value is -3.73. The Kier molecular flexibility index (Phi) is 5.88. The predicted octanol–water partition coefficient (Wildman–Crippen LogP) is 2.01. The average molecular weight is 413 g/mol. The fraction of sp³-hybridized carbons (Fsp3) is 0.111. The summed E-state index contributed by atoms with van der Waals surface area (Å²) in [6, 6.07) is 11.6. The molecule has 1 saturated heterocycles. The number of phenolic OH excluding ortho intramolecular Hbond substituents is 1. The Bertz CT molecular complexity index is 1020. The normalized spacial score (nSPS) is 17.3. The molecule has 10 nitrogen and oxygen atoms in total. The van der Waals surface area contributed by atoms with Gasteiger partial charge in [0.05, 0.1) is 16.8 Å². The van der Waals surface area contributed by atoms with Crippen molar-refractivity contribution in [3.63, 3.8) is 0 Å². The van der Waals surface area contributed by atoms with Gasteiger partial charge < -0.3 is 10.8 Å². The molecule has 0 bridgehead atoms. The van der Waals surface area contributed by atoms with Crippen molar-refractivity contribution in [1.82, 2.24) is 0 Å². The molecule has 2 amide bonds. The van der Waals surface area contributed by atoms with Crippen molar-refractivity contribution >= 4 is 46.3 Å². The molecule has 11 heteroatoms. The second kappa shape index (κ2) is 8.52. The van der Waals surface area contributed by atoms with Crippen LogP contribution in [-0.4, -0.2) is 38.5 Å². The number of carbonyl (C=O) groups excluding carboxylic acids is 2. The first-order valence-electron chi connectivity index (χ1n) is 8.28. The summed E-state index contributed by atoms with van der Waals surface area (Å²) in [4.78, 5) is 36.1. The Morgan fingerprint density at radius 3 is 2.69 bits per heavy atom. The largest absolute Gasteiger partial charge is 0.508 e. The van der Waals surface area contributed by atoms with Gasteiger partial charge in [-0.25, -0.2) is 4.90 Å². The highest BCUT2D eigenvalue weighted by Gasteiger charge is 2.41. The molecule has 0 saturated carbocycles. The molecule has 1 aliphatic rings. The first-order chi connectivity index (χ1) is 13.8. The van der Waals surface area contributed by atoms with E-state index >= 15 is 0 Å². The van der Waals surface area contributed by atoms with Crippen molar-refractivity contribution in [3.05, 3.63) is 64.2 Å². The van der Waals surface area contributed by atoms with E-state index in [1.165, 1.54) is 42.6 Å². The Balaban J connectivity index is 1.68. The minimum Gasteiger partial charge on any atom is -0.508 e. The third kappa shape index (κ3) is 4.76. The van der Waals surface area contributed by atoms with Gasteiger partial charge in [-0.15, -0.1) is 5.10 Å². The van der Waals surface area contributed by atoms with Gasteiger partial charge >= 0.3 is 0 Å². The van der Waals surface area contributed by atoms with Gasteiger partial charge in [-0.2, -0.15) is 5.10 Å². The van der Waals surface area contributed by atoms with Crippen molar-refractivity contribution in [2.24, 2.45) is 15.9 Å². The number of phenols is 1. The van der Waals surface area contributed by atoms with E-state index < -0.39 is 22.0 Å². The van der Waals surface area contributed by atoms with Crippen LogP contribution in [0, 0.1) is 10.1 Å². The van der Waals surface area contributed by atoms with Crippen molar-refractivity contribution in [2.75, 3.05) is 4.90 Å². The van der Waals surface area contributed by atoms with Crippen LogP contribution in [-0.2, 0) is 9.59 Å². The van der Waals surface area contributed by atoms with E-state index in [9.17, 15) is 24.8 Å². The number of amides is 2. The van der Waals surface area contributed by atoms with Crippen LogP contribution in [0.25, 0.3) is 0 Å². The lowest BCUT2D eigenvalue weighted by molar-refractivity contribution is -0.384. The van der Waals surface area contributed by atoms with Crippen LogP contribution >= 0.6 is 11.8 Å². The second-order valence-corrected chi connectivity index (χ2v) is 7.15. The summed E-state index contributed by atoms with van der Waals surface area (Å²) >= 11 is 0.894. The average Bonchev–Trinajstić information content (AvgIpc) is 2.96. The molecule has 29 heavy (non-hydrogen) atoms. The third-order valence-corrected chi connectivity index (χ3v) is 4.90. The molecule has 1 fully saturated rings. The highest BCUT2D eigenvalue weighted by Crippen LogP contribution is 2.31. The zero-order valence-electron chi connectivity index (χ0n) is 14.8. The highest BCUT2D eigenvalue weighted by atomic mass is 32.2. The number of thioether (sulfide) groups is 1. The van der Waals surface area contributed by atoms with Gasteiger partial charge in [-0.05, 0) is 35.9 Å². The zero-order valence-corrected chi connectivity index (χ0v) is 15.7. The molecule has 0 radical (unpaired) electrons. The minimum atomic E-state index is -0.797. The molecule has 0 unspecified atom stereocenters. The van der Waals surface area contributed by atoms with Gasteiger partial charge in [0.1, 0.15) is 11.0 Å². The molecule has 2 aromatic carbocycles. The number of amidine groups is 1. The number of aromatic hydroxyl groups is 1. The number of benzene rings is 2. The lowest BCUT2D eigenvalue weighted by atomic mass is 10.2. The van der Waals surface area contributed by atoms with Gasteiger partial charge in [0.2, 0.25) is 11.8 Å². The van der Waals surface area contributed by atoms with Gasteiger partial charge in [-0.1, -0.05) is 17.8 Å². The summed E-state index contributed by atoms with van der Waals surface area (Å²) in [6.45, 7) is 0. The maximum absolute atomic E-state index is 12.6. The summed E-state index contributed by atoms with van der Waals surface area (Å²) < 4.78 is 0. The van der Waals surface area contributed by atoms with E-state index in [-0.39, 0.29) is 28.7 Å². The van der Waals surface area contributed by atoms with E-state index in [4.69, 9.17) is 5.73 Å². The van der Waals surface area contributed by atoms with Crippen molar-refractivity contribution in [2.45, 2.75) is 11.7 Å². The maximum atomic E-state index is 12.6. The van der Waals surface area contributed by atoms with Gasteiger partial charge in [0.25, 0.3) is 5.69 Å². The topological polar surface area (TPSA) is 151 Å². The number of nitro groups is 1. The number of rotatable bonds is 5. The number of imide groups is 1. The van der Waals surface area contributed by atoms with Gasteiger partial charge in [-0.3, -0.25) is 19.7 Å². The summed E-state index contributed by atoms with van der Waals surface area (Å²) in [5.74, 6) is -0.881. The third-order valence-electron chi connectivity index (χ3n) is 3.92. The second-order valence-electron chi connectivity index (χ2n) is 5.93. The summed E-state index contributed by atoms with van der Waals surface area (Å²) in [6.07, 6.45) is 1.31. The molecule has 0 aliphatic carbocycles. The molecule has 3 rings (SSSR count). The van der Waals surface area contributed by atoms with Crippen LogP contribution in [0.3, 0.4) is 0 Å². The van der Waals surface area contributed by atoms with E-state index in [2.05, 4.69) is 10.2 Å². The number of nitro benzene ring substituents is 1. The zero-order chi connectivity index (χ0) is 21.0. The number of non-ortho nitro benzene ring substituents is 1. The van der Waals surface area contributed by atoms with Crippen LogP contribution in [0.1, 0.15) is 12.0 Å². The lowest BCUT2D eigenvalue weighted by Crippen LogP contribution is -2.31. The summed E-state index contributed by atoms with van der Waals surface area (Å²) in [7, 11) is 0. The van der Waals surface area contributed by atoms with Crippen LogP contribution in [0.2, 0.25) is 0 Å². The standard InChI is InChI=1S/C18H15N5O5S/c19-18(21-20-10-11-4-6-14(24)7-5-11)29-15-9-16(25)22(17(15)26)12-2-1-3-13(8-12)23(27)28/h1-8,10,15,24H,9H2,(H2,19,21)/b20-10+/t15-/m1/s1. The number of hydrogen-bond acceptors (Lipinski definition) is 8. The number of nitrogens with zero attached hydrogens (tertiary/aromatic N) is 4. The van der Waals surface area contributed by atoms with Crippen LogP contribution in [0.4, 0.5) is 11.4 Å². The maximum Gasteiger partial charge on any atom is 0.271 e. The number of nitrogens with two attached hydrogens (primary N) is 1. The first-order valence-corrected chi connectivity index (χ1v) is 9.16. The van der Waals surface area contributed by atoms with Gasteiger partial charge in [0, 0.05) is 18.6 Å². The van der Waals surface area contributed by atoms with E-state index in [1.54, 1.807) is 12.1 Å². The van der Waals surface area contributed by atoms with Crippen molar-refractivity contribution in [3.8, 4) is 5.75 Å². The molecule has 0 spiro atoms. The van der Waals surface area contributed by atoms with Crippen LogP contribution in [0.15, 0.2) is 58.7 Å². The van der Waals surface area contributed by atoms with Crippen molar-refractivity contribution < 1.29 is 19.6 Å². The minimum absolute atomic E-state index is 0.00734. The molecule has 1 atom stereocenters. The van der Waals surface area contributed by atoms with E-state index in [1.807, 2.05) is 0 Å². The molecule has 148 valence electrons. The molecule has 1 heterocycles. The smallest absolute Gasteiger partial charge is 0.271 e. The number of hydrogen-bond donors (Lipinski definition) is 2. The molecule has 1 aliphatic heterocycles. The lowest BCUT2D eigenvalue weighted by Gasteiger charge is -2.14. The Labute approximate surface area is 168 Å². The number of carbonyl (C=O) groups is 2. The fourth-order valence-corrected chi connectivity index (χ4v) is 3.41. The van der Waals surface area contributed by atoms with Crippen LogP contribution in [0.5, 0.6) is 5.75 Å². The summed E-state index contributed by atoms with van der Waals surface area (Å²) in [5, 5.41) is 27.0. The molecule has 3 N–H and O–H groups in total. The SMILES string of the molecule is NC(=N/N=C/c1ccc(O)cc1)S[C@@H]1CC(=O)N(c2cccc([N+](=O)[O-])c2)C1=O. The Morgan fingerprint density at radius 2 is 2.00 bits per heavy atom. The quantitative estimate of drug-likeness (QED) is 0.250.